The summed E-state index contributed by atoms with van der Waals surface area (Å²) in [5.74, 6) is -2.75. The lowest BCUT2D eigenvalue weighted by Crippen LogP contribution is -2.22. The summed E-state index contributed by atoms with van der Waals surface area (Å²) in [5.41, 5.74) is -0.407. The number of rotatable bonds is 3. The van der Waals surface area contributed by atoms with Crippen molar-refractivity contribution in [3.8, 4) is 0 Å². The van der Waals surface area contributed by atoms with Crippen molar-refractivity contribution in [2.45, 2.75) is 33.3 Å². The Labute approximate surface area is 106 Å². The van der Waals surface area contributed by atoms with Gasteiger partial charge in [0.1, 0.15) is 5.60 Å². The van der Waals surface area contributed by atoms with Gasteiger partial charge in [0.05, 0.1) is 0 Å². The molecule has 0 amide bonds. The quantitative estimate of drug-likeness (QED) is 0.589. The van der Waals surface area contributed by atoms with Crippen LogP contribution in [0.3, 0.4) is 0 Å². The second-order valence-electron chi connectivity index (χ2n) is 4.29. The van der Waals surface area contributed by atoms with Crippen LogP contribution in [0, 0.1) is 0 Å². The molecule has 6 nitrogen and oxygen atoms in total. The predicted molar refractivity (Wildman–Crippen MR) is 65.1 cm³/mol. The third-order valence-electron chi connectivity index (χ3n) is 1.13. The van der Waals surface area contributed by atoms with Crippen molar-refractivity contribution >= 4 is 17.9 Å². The largest absolute Gasteiger partial charge is 0.478 e. The lowest BCUT2D eigenvalue weighted by atomic mass is 10.2. The van der Waals surface area contributed by atoms with Crippen LogP contribution in [-0.2, 0) is 19.1 Å². The number of carboxylic acid groups (broad SMARTS) is 2. The lowest BCUT2D eigenvalue weighted by Gasteiger charge is -2.17. The van der Waals surface area contributed by atoms with E-state index < -0.39 is 23.5 Å². The number of aliphatic carboxylic acids is 2. The summed E-state index contributed by atoms with van der Waals surface area (Å²) in [6.07, 6.45) is 1.63. The van der Waals surface area contributed by atoms with Crippen LogP contribution in [0.25, 0.3) is 0 Å². The van der Waals surface area contributed by atoms with Gasteiger partial charge in [0.25, 0.3) is 0 Å². The molecular formula is C12H18O6. The molecule has 6 heteroatoms. The van der Waals surface area contributed by atoms with Gasteiger partial charge in [-0.25, -0.2) is 14.4 Å². The van der Waals surface area contributed by atoms with Gasteiger partial charge >= 0.3 is 17.9 Å². The van der Waals surface area contributed by atoms with Crippen LogP contribution in [0.5, 0.6) is 0 Å². The van der Waals surface area contributed by atoms with Crippen LogP contribution in [0.15, 0.2) is 24.3 Å². The van der Waals surface area contributed by atoms with E-state index in [2.05, 4.69) is 6.58 Å². The minimum Gasteiger partial charge on any atom is -0.478 e. The summed E-state index contributed by atoms with van der Waals surface area (Å²) in [5, 5.41) is 16.1. The summed E-state index contributed by atoms with van der Waals surface area (Å²) in [6, 6.07) is 0. The Morgan fingerprint density at radius 1 is 1.11 bits per heavy atom. The van der Waals surface area contributed by atoms with E-state index in [1.54, 1.807) is 20.8 Å². The van der Waals surface area contributed by atoms with Gasteiger partial charge in [0.15, 0.2) is 0 Å². The first-order valence-electron chi connectivity index (χ1n) is 4.98. The molecule has 0 radical (unpaired) electrons. The van der Waals surface area contributed by atoms with E-state index in [0.717, 1.165) is 12.2 Å². The minimum absolute atomic E-state index is 0.176. The Morgan fingerprint density at radius 3 is 1.72 bits per heavy atom. The molecule has 18 heavy (non-hydrogen) atoms. The third kappa shape index (κ3) is 16.3. The van der Waals surface area contributed by atoms with E-state index in [-0.39, 0.29) is 5.57 Å². The first kappa shape index (κ1) is 18.3. The fourth-order valence-corrected chi connectivity index (χ4v) is 0.475. The summed E-state index contributed by atoms with van der Waals surface area (Å²) >= 11 is 0. The van der Waals surface area contributed by atoms with Gasteiger partial charge in [-0.05, 0) is 27.7 Å². The molecule has 0 rings (SSSR count). The van der Waals surface area contributed by atoms with E-state index in [4.69, 9.17) is 14.9 Å². The Morgan fingerprint density at radius 2 is 1.50 bits per heavy atom. The molecule has 0 atom stereocenters. The zero-order chi connectivity index (χ0) is 14.9. The number of esters is 1. The molecule has 0 heterocycles. The first-order valence-corrected chi connectivity index (χ1v) is 4.98. The highest BCUT2D eigenvalue weighted by Gasteiger charge is 2.13. The van der Waals surface area contributed by atoms with Crippen LogP contribution in [0.4, 0.5) is 0 Å². The molecule has 0 aliphatic rings. The Bertz CT molecular complexity index is 347. The molecule has 0 spiro atoms. The van der Waals surface area contributed by atoms with Crippen molar-refractivity contribution in [1.82, 2.24) is 0 Å². The standard InChI is InChI=1S/C8H12O4.C4H6O2/c1-8(2,3)12-7(11)5-4-6(9)10;1-3(2)4(5)6/h4-5H,1-3H3,(H,9,10);1H2,2H3,(H,5,6). The van der Waals surface area contributed by atoms with Gasteiger partial charge in [-0.1, -0.05) is 6.58 Å². The highest BCUT2D eigenvalue weighted by atomic mass is 16.6. The maximum Gasteiger partial charge on any atom is 0.331 e. The molecule has 0 bridgehead atoms. The highest BCUT2D eigenvalue weighted by molar-refractivity contribution is 5.90. The van der Waals surface area contributed by atoms with Gasteiger partial charge in [-0.15, -0.1) is 0 Å². The van der Waals surface area contributed by atoms with Crippen molar-refractivity contribution in [2.24, 2.45) is 0 Å². The zero-order valence-corrected chi connectivity index (χ0v) is 10.9. The number of ether oxygens (including phenoxy) is 1. The molecule has 0 aliphatic carbocycles. The Balaban J connectivity index is 0. The number of carbonyl (C=O) groups excluding carboxylic acids is 1. The maximum absolute atomic E-state index is 10.8. The number of hydrogen-bond acceptors (Lipinski definition) is 4. The highest BCUT2D eigenvalue weighted by Crippen LogP contribution is 2.06. The van der Waals surface area contributed by atoms with Crippen LogP contribution in [0.1, 0.15) is 27.7 Å². The lowest BCUT2D eigenvalue weighted by molar-refractivity contribution is -0.149. The fourth-order valence-electron chi connectivity index (χ4n) is 0.475. The van der Waals surface area contributed by atoms with Gasteiger partial charge in [0.2, 0.25) is 0 Å². The molecule has 2 N–H and O–H groups in total. The number of hydrogen-bond donors (Lipinski definition) is 2. The number of carbonyl (C=O) groups is 3. The van der Waals surface area contributed by atoms with E-state index in [1.165, 1.54) is 6.92 Å². The van der Waals surface area contributed by atoms with Gasteiger partial charge in [0, 0.05) is 17.7 Å². The molecular weight excluding hydrogens is 240 g/mol. The molecule has 0 fully saturated rings. The molecule has 0 unspecified atom stereocenters. The molecule has 0 aromatic rings. The van der Waals surface area contributed by atoms with Crippen LogP contribution >= 0.6 is 0 Å². The topological polar surface area (TPSA) is 101 Å². The van der Waals surface area contributed by atoms with Gasteiger partial charge in [-0.2, -0.15) is 0 Å². The van der Waals surface area contributed by atoms with E-state index in [1.807, 2.05) is 0 Å². The van der Waals surface area contributed by atoms with E-state index in [0.29, 0.717) is 0 Å². The second-order valence-corrected chi connectivity index (χ2v) is 4.29. The van der Waals surface area contributed by atoms with Crippen molar-refractivity contribution in [3.63, 3.8) is 0 Å². The number of carboxylic acids is 2. The normalized spacial score (nSPS) is 10.2. The molecule has 0 aromatic heterocycles. The second kappa shape index (κ2) is 8.05. The predicted octanol–water partition coefficient (Wildman–Crippen LogP) is 1.62. The third-order valence-corrected chi connectivity index (χ3v) is 1.13. The summed E-state index contributed by atoms with van der Waals surface area (Å²) < 4.78 is 4.80. The molecule has 0 aromatic carbocycles. The van der Waals surface area contributed by atoms with Crippen LogP contribution in [0.2, 0.25) is 0 Å². The fraction of sp³-hybridized carbons (Fsp3) is 0.417. The molecule has 0 saturated heterocycles. The van der Waals surface area contributed by atoms with Crippen molar-refractivity contribution in [3.05, 3.63) is 24.3 Å². The van der Waals surface area contributed by atoms with Gasteiger partial charge in [-0.3, -0.25) is 0 Å². The van der Waals surface area contributed by atoms with Crippen molar-refractivity contribution in [2.75, 3.05) is 0 Å². The molecule has 102 valence electrons. The summed E-state index contributed by atoms with van der Waals surface area (Å²) in [4.78, 5) is 30.4. The van der Waals surface area contributed by atoms with Crippen molar-refractivity contribution < 1.29 is 29.3 Å². The van der Waals surface area contributed by atoms with E-state index >= 15 is 0 Å². The summed E-state index contributed by atoms with van der Waals surface area (Å²) in [7, 11) is 0. The average molecular weight is 258 g/mol. The van der Waals surface area contributed by atoms with Crippen LogP contribution < -0.4 is 0 Å². The molecule has 0 saturated carbocycles. The van der Waals surface area contributed by atoms with Crippen LogP contribution in [-0.4, -0.2) is 33.7 Å². The maximum atomic E-state index is 10.8. The van der Waals surface area contributed by atoms with E-state index in [9.17, 15) is 14.4 Å². The first-order chi connectivity index (χ1) is 7.95. The smallest absolute Gasteiger partial charge is 0.331 e. The van der Waals surface area contributed by atoms with Gasteiger partial charge < -0.3 is 14.9 Å². The minimum atomic E-state index is -1.17. The SMILES string of the molecule is C=C(C)C(=O)O.CC(C)(C)OC(=O)C=CC(=O)O. The monoisotopic (exact) mass is 258 g/mol. The summed E-state index contributed by atoms with van der Waals surface area (Å²) in [6.45, 7) is 9.73. The zero-order valence-electron chi connectivity index (χ0n) is 10.9. The van der Waals surface area contributed by atoms with Crippen molar-refractivity contribution in [1.29, 1.82) is 0 Å². The molecule has 0 aliphatic heterocycles. The average Bonchev–Trinajstić information content (AvgIpc) is 2.12. The Hall–Kier alpha value is -2.11. The Kier molecular flexibility index (Phi) is 8.17.